The summed E-state index contributed by atoms with van der Waals surface area (Å²) in [6.07, 6.45) is 0. The van der Waals surface area contributed by atoms with E-state index in [4.69, 9.17) is 21.7 Å². The molecular formula is C20H22FN3O4S2. The standard InChI is InChI=1S/C20H22FN3O4S2/c1-12-15(18(25)27-2)17(30-16(12)19(26)28-3)22-20(29)24-10-8-23(9-11-24)14-7-5-4-6-13(14)21/h4-7H,8-11H2,1-3H3,(H,22,29). The lowest BCUT2D eigenvalue weighted by atomic mass is 10.1. The van der Waals surface area contributed by atoms with E-state index in [2.05, 4.69) is 5.32 Å². The molecule has 0 spiro atoms. The van der Waals surface area contributed by atoms with E-state index in [0.717, 1.165) is 11.3 Å². The molecule has 0 radical (unpaired) electrons. The molecule has 2 heterocycles. The number of halogens is 1. The van der Waals surface area contributed by atoms with Crippen LogP contribution < -0.4 is 10.2 Å². The highest BCUT2D eigenvalue weighted by molar-refractivity contribution is 7.80. The molecule has 1 aliphatic heterocycles. The number of anilines is 2. The average molecular weight is 452 g/mol. The molecule has 1 aliphatic rings. The van der Waals surface area contributed by atoms with Crippen molar-refractivity contribution in [2.45, 2.75) is 6.92 Å². The Kier molecular flexibility index (Phi) is 6.88. The van der Waals surface area contributed by atoms with E-state index in [1.807, 2.05) is 15.9 Å². The molecular weight excluding hydrogens is 429 g/mol. The molecule has 0 saturated carbocycles. The maximum absolute atomic E-state index is 14.0. The first-order valence-corrected chi connectivity index (χ1v) is 10.4. The van der Waals surface area contributed by atoms with Crippen molar-refractivity contribution in [3.8, 4) is 0 Å². The second-order valence-electron chi connectivity index (χ2n) is 6.60. The Hall–Kier alpha value is -2.72. The molecule has 0 amide bonds. The number of methoxy groups -OCH3 is 2. The Labute approximate surface area is 183 Å². The van der Waals surface area contributed by atoms with Crippen LogP contribution >= 0.6 is 23.6 Å². The monoisotopic (exact) mass is 451 g/mol. The minimum atomic E-state index is -0.562. The van der Waals surface area contributed by atoms with E-state index in [9.17, 15) is 14.0 Å². The summed E-state index contributed by atoms with van der Waals surface area (Å²) in [6.45, 7) is 4.03. The van der Waals surface area contributed by atoms with Crippen molar-refractivity contribution in [2.24, 2.45) is 0 Å². The van der Waals surface area contributed by atoms with Gasteiger partial charge in [-0.25, -0.2) is 14.0 Å². The van der Waals surface area contributed by atoms with Crippen molar-refractivity contribution >= 4 is 51.3 Å². The lowest BCUT2D eigenvalue weighted by Crippen LogP contribution is -2.50. The number of nitrogens with zero attached hydrogens (tertiary/aromatic N) is 2. The third kappa shape index (κ3) is 4.39. The Morgan fingerprint density at radius 3 is 2.33 bits per heavy atom. The molecule has 2 aromatic rings. The number of thiophene rings is 1. The Balaban J connectivity index is 1.73. The fourth-order valence-corrected chi connectivity index (χ4v) is 4.73. The number of piperazine rings is 1. The Morgan fingerprint density at radius 2 is 1.73 bits per heavy atom. The van der Waals surface area contributed by atoms with Crippen LogP contribution in [0.4, 0.5) is 15.1 Å². The van der Waals surface area contributed by atoms with Crippen molar-refractivity contribution < 1.29 is 23.5 Å². The summed E-state index contributed by atoms with van der Waals surface area (Å²) < 4.78 is 23.7. The van der Waals surface area contributed by atoms with Crippen molar-refractivity contribution in [3.05, 3.63) is 46.1 Å². The van der Waals surface area contributed by atoms with Gasteiger partial charge in [0, 0.05) is 26.2 Å². The fraction of sp³-hybridized carbons (Fsp3) is 0.350. The van der Waals surface area contributed by atoms with E-state index in [-0.39, 0.29) is 11.4 Å². The maximum Gasteiger partial charge on any atom is 0.348 e. The molecule has 0 bridgehead atoms. The number of carbonyl (C=O) groups excluding carboxylic acids is 2. The third-order valence-electron chi connectivity index (χ3n) is 4.89. The van der Waals surface area contributed by atoms with Gasteiger partial charge in [-0.1, -0.05) is 12.1 Å². The first kappa shape index (κ1) is 22.0. The number of ether oxygens (including phenoxy) is 2. The first-order valence-electron chi connectivity index (χ1n) is 9.22. The summed E-state index contributed by atoms with van der Waals surface area (Å²) in [6, 6.07) is 6.68. The van der Waals surface area contributed by atoms with Crippen molar-refractivity contribution in [2.75, 3.05) is 50.6 Å². The van der Waals surface area contributed by atoms with Gasteiger partial charge in [0.2, 0.25) is 0 Å². The van der Waals surface area contributed by atoms with Crippen molar-refractivity contribution in [1.82, 2.24) is 4.90 Å². The summed E-state index contributed by atoms with van der Waals surface area (Å²) in [5.41, 5.74) is 1.31. The molecule has 1 fully saturated rings. The molecule has 0 unspecified atom stereocenters. The van der Waals surface area contributed by atoms with Gasteiger partial charge in [-0.3, -0.25) is 0 Å². The third-order valence-corrected chi connectivity index (χ3v) is 6.44. The van der Waals surface area contributed by atoms with E-state index < -0.39 is 11.9 Å². The molecule has 0 aliphatic carbocycles. The van der Waals surface area contributed by atoms with Gasteiger partial charge in [0.15, 0.2) is 5.11 Å². The number of para-hydroxylation sites is 1. The number of hydrogen-bond donors (Lipinski definition) is 1. The summed E-state index contributed by atoms with van der Waals surface area (Å²) in [7, 11) is 2.56. The topological polar surface area (TPSA) is 71.1 Å². The second-order valence-corrected chi connectivity index (χ2v) is 8.01. The predicted octanol–water partition coefficient (Wildman–Crippen LogP) is 3.29. The number of nitrogens with one attached hydrogen (secondary N) is 1. The predicted molar refractivity (Wildman–Crippen MR) is 118 cm³/mol. The summed E-state index contributed by atoms with van der Waals surface area (Å²) in [5.74, 6) is -1.34. The quantitative estimate of drug-likeness (QED) is 0.561. The lowest BCUT2D eigenvalue weighted by Gasteiger charge is -2.37. The highest BCUT2D eigenvalue weighted by Crippen LogP contribution is 2.34. The number of rotatable bonds is 4. The minimum absolute atomic E-state index is 0.251. The molecule has 30 heavy (non-hydrogen) atoms. The number of thiocarbonyl (C=S) groups is 1. The number of esters is 2. The highest BCUT2D eigenvalue weighted by atomic mass is 32.1. The first-order chi connectivity index (χ1) is 14.4. The summed E-state index contributed by atoms with van der Waals surface area (Å²) in [5, 5.41) is 3.93. The molecule has 3 rings (SSSR count). The van der Waals surface area contributed by atoms with E-state index in [1.165, 1.54) is 20.3 Å². The van der Waals surface area contributed by atoms with Crippen LogP contribution in [-0.4, -0.2) is 62.3 Å². The van der Waals surface area contributed by atoms with Gasteiger partial charge in [-0.2, -0.15) is 0 Å². The van der Waals surface area contributed by atoms with Crippen LogP contribution in [0.1, 0.15) is 25.6 Å². The molecule has 1 aromatic carbocycles. The molecule has 1 saturated heterocycles. The Morgan fingerprint density at radius 1 is 1.10 bits per heavy atom. The number of hydrogen-bond acceptors (Lipinski definition) is 7. The molecule has 1 N–H and O–H groups in total. The number of carbonyl (C=O) groups is 2. The van der Waals surface area contributed by atoms with Crippen molar-refractivity contribution in [3.63, 3.8) is 0 Å². The van der Waals surface area contributed by atoms with E-state index in [0.29, 0.717) is 52.4 Å². The molecule has 160 valence electrons. The molecule has 0 atom stereocenters. The maximum atomic E-state index is 14.0. The van der Waals surface area contributed by atoms with Crippen molar-refractivity contribution in [1.29, 1.82) is 0 Å². The second kappa shape index (κ2) is 9.40. The lowest BCUT2D eigenvalue weighted by molar-refractivity contribution is 0.0601. The van der Waals surface area contributed by atoms with Crippen LogP contribution in [-0.2, 0) is 9.47 Å². The van der Waals surface area contributed by atoms with Crippen LogP contribution in [0.15, 0.2) is 24.3 Å². The molecule has 10 heteroatoms. The van der Waals surface area contributed by atoms with Gasteiger partial charge in [-0.15, -0.1) is 11.3 Å². The van der Waals surface area contributed by atoms with Gasteiger partial charge in [0.25, 0.3) is 0 Å². The van der Waals surface area contributed by atoms with Crippen LogP contribution in [0.25, 0.3) is 0 Å². The van der Waals surface area contributed by atoms with Gasteiger partial charge in [-0.05, 0) is 36.8 Å². The van der Waals surface area contributed by atoms with Gasteiger partial charge in [0.05, 0.1) is 25.5 Å². The van der Waals surface area contributed by atoms with Gasteiger partial charge >= 0.3 is 11.9 Å². The zero-order valence-electron chi connectivity index (χ0n) is 16.9. The normalized spacial score (nSPS) is 13.7. The largest absolute Gasteiger partial charge is 0.465 e. The zero-order valence-corrected chi connectivity index (χ0v) is 18.5. The molecule has 1 aromatic heterocycles. The van der Waals surface area contributed by atoms with Gasteiger partial charge < -0.3 is 24.6 Å². The molecule has 7 nitrogen and oxygen atoms in total. The SMILES string of the molecule is COC(=O)c1sc(NC(=S)N2CCN(c3ccccc3F)CC2)c(C(=O)OC)c1C. The van der Waals surface area contributed by atoms with Crippen LogP contribution in [0.2, 0.25) is 0 Å². The van der Waals surface area contributed by atoms with Gasteiger partial charge in [0.1, 0.15) is 15.7 Å². The highest BCUT2D eigenvalue weighted by Gasteiger charge is 2.28. The fourth-order valence-electron chi connectivity index (χ4n) is 3.27. The summed E-state index contributed by atoms with van der Waals surface area (Å²) in [4.78, 5) is 28.5. The van der Waals surface area contributed by atoms with Crippen LogP contribution in [0.5, 0.6) is 0 Å². The van der Waals surface area contributed by atoms with E-state index in [1.54, 1.807) is 19.1 Å². The number of benzene rings is 1. The zero-order chi connectivity index (χ0) is 21.8. The van der Waals surface area contributed by atoms with Crippen LogP contribution in [0, 0.1) is 12.7 Å². The smallest absolute Gasteiger partial charge is 0.348 e. The van der Waals surface area contributed by atoms with Crippen LogP contribution in [0.3, 0.4) is 0 Å². The minimum Gasteiger partial charge on any atom is -0.465 e. The average Bonchev–Trinajstić information content (AvgIpc) is 3.08. The Bertz CT molecular complexity index is 971. The summed E-state index contributed by atoms with van der Waals surface area (Å²) >= 11 is 6.62. The van der Waals surface area contributed by atoms with E-state index >= 15 is 0 Å².